The zero-order chi connectivity index (χ0) is 25.9. The first-order chi connectivity index (χ1) is 17.1. The van der Waals surface area contributed by atoms with Crippen LogP contribution in [0.4, 0.5) is 0 Å². The summed E-state index contributed by atoms with van der Waals surface area (Å²) in [5.74, 6) is -0.130. The Morgan fingerprint density at radius 2 is 1.97 bits per heavy atom. The first kappa shape index (κ1) is 26.5. The minimum absolute atomic E-state index is 0.0355. The highest BCUT2D eigenvalue weighted by Crippen LogP contribution is 2.30. The molecule has 0 spiro atoms. The lowest BCUT2D eigenvalue weighted by Gasteiger charge is -2.27. The fourth-order valence-corrected chi connectivity index (χ4v) is 6.11. The molecular formula is C24H36N6O5S. The van der Waals surface area contributed by atoms with E-state index in [-0.39, 0.29) is 18.6 Å². The molecule has 0 amide bonds. The van der Waals surface area contributed by atoms with E-state index in [4.69, 9.17) is 4.74 Å². The number of rotatable bonds is 10. The summed E-state index contributed by atoms with van der Waals surface area (Å²) in [6.07, 6.45) is 7.11. The molecule has 1 unspecified atom stereocenters. The van der Waals surface area contributed by atoms with Crippen LogP contribution in [0.25, 0.3) is 11.4 Å². The number of aliphatic carboxylic acids is 1. The van der Waals surface area contributed by atoms with E-state index >= 15 is 0 Å². The predicted molar refractivity (Wildman–Crippen MR) is 133 cm³/mol. The van der Waals surface area contributed by atoms with Crippen LogP contribution in [0, 0.1) is 18.8 Å². The van der Waals surface area contributed by atoms with Crippen LogP contribution in [0.1, 0.15) is 62.8 Å². The number of carboxylic acids is 1. The Balaban J connectivity index is 1.43. The Morgan fingerprint density at radius 1 is 1.22 bits per heavy atom. The molecular weight excluding hydrogens is 484 g/mol. The van der Waals surface area contributed by atoms with Crippen LogP contribution >= 0.6 is 0 Å². The summed E-state index contributed by atoms with van der Waals surface area (Å²) in [7, 11) is -0.324. The fraction of sp³-hybridized carbons (Fsp3) is 0.667. The second-order valence-corrected chi connectivity index (χ2v) is 11.8. The molecule has 2 fully saturated rings. The van der Waals surface area contributed by atoms with Crippen LogP contribution in [0.3, 0.4) is 0 Å². The van der Waals surface area contributed by atoms with Gasteiger partial charge in [0.25, 0.3) is 10.2 Å². The summed E-state index contributed by atoms with van der Waals surface area (Å²) in [5, 5.41) is 17.6. The van der Waals surface area contributed by atoms with Gasteiger partial charge in [0.05, 0.1) is 35.6 Å². The monoisotopic (exact) mass is 520 g/mol. The number of aryl methyl sites for hydroxylation is 2. The molecule has 2 aliphatic carbocycles. The molecule has 36 heavy (non-hydrogen) atoms. The molecule has 0 saturated heterocycles. The Morgan fingerprint density at radius 3 is 2.67 bits per heavy atom. The molecule has 198 valence electrons. The number of pyridine rings is 1. The van der Waals surface area contributed by atoms with Crippen molar-refractivity contribution in [1.29, 1.82) is 0 Å². The normalized spacial score (nSPS) is 21.2. The first-order valence-corrected chi connectivity index (χ1v) is 14.0. The van der Waals surface area contributed by atoms with Crippen molar-refractivity contribution >= 4 is 16.2 Å². The van der Waals surface area contributed by atoms with Gasteiger partial charge in [0.2, 0.25) is 0 Å². The lowest BCUT2D eigenvalue weighted by atomic mass is 9.87. The molecule has 2 saturated carbocycles. The van der Waals surface area contributed by atoms with E-state index in [0.717, 1.165) is 38.5 Å². The van der Waals surface area contributed by atoms with E-state index in [1.54, 1.807) is 30.9 Å². The Kier molecular flexibility index (Phi) is 8.26. The van der Waals surface area contributed by atoms with Crippen molar-refractivity contribution in [2.75, 3.05) is 13.6 Å². The summed E-state index contributed by atoms with van der Waals surface area (Å²) in [6.45, 7) is 2.38. The molecule has 2 heterocycles. The fourth-order valence-electron chi connectivity index (χ4n) is 5.16. The predicted octanol–water partition coefficient (Wildman–Crippen LogP) is 2.66. The van der Waals surface area contributed by atoms with Crippen LogP contribution < -0.4 is 9.46 Å². The van der Waals surface area contributed by atoms with Gasteiger partial charge in [0, 0.05) is 20.6 Å². The zero-order valence-corrected chi connectivity index (χ0v) is 22.0. The van der Waals surface area contributed by atoms with Crippen molar-refractivity contribution in [3.05, 3.63) is 23.5 Å². The van der Waals surface area contributed by atoms with Gasteiger partial charge in [0.15, 0.2) is 0 Å². The number of aromatic nitrogens is 4. The minimum atomic E-state index is -3.65. The molecule has 0 radical (unpaired) electrons. The number of nitrogens with zero attached hydrogens (tertiary/aromatic N) is 5. The quantitative estimate of drug-likeness (QED) is 0.487. The van der Waals surface area contributed by atoms with E-state index < -0.39 is 16.2 Å². The van der Waals surface area contributed by atoms with Gasteiger partial charge in [-0.2, -0.15) is 17.4 Å². The highest BCUT2D eigenvalue weighted by atomic mass is 32.2. The van der Waals surface area contributed by atoms with Crippen molar-refractivity contribution in [3.63, 3.8) is 0 Å². The molecule has 4 rings (SSSR count). The number of carbonyl (C=O) groups is 1. The van der Waals surface area contributed by atoms with Gasteiger partial charge in [-0.1, -0.05) is 18.1 Å². The maximum atomic E-state index is 12.8. The molecule has 2 aliphatic rings. The summed E-state index contributed by atoms with van der Waals surface area (Å²) < 4.78 is 37.4. The molecule has 2 atom stereocenters. The average molecular weight is 521 g/mol. The standard InChI is InChI=1S/C24H36N6O5S/c1-16-22(35-19-10-6-9-18(13-19)24(31)32)12-11-20(26-16)23-21(30(3)28-27-23)14-25-36(33,34)29(2)15-17-7-4-5-8-17/h11-12,17-19,25H,4-10,13-15H2,1-3H3,(H,31,32)/t18?,19-/m0/s1. The van der Waals surface area contributed by atoms with Gasteiger partial charge in [-0.25, -0.2) is 4.98 Å². The summed E-state index contributed by atoms with van der Waals surface area (Å²) in [5.41, 5.74) is 2.31. The molecule has 0 bridgehead atoms. The van der Waals surface area contributed by atoms with Crippen molar-refractivity contribution < 1.29 is 23.1 Å². The SMILES string of the molecule is Cc1nc(-c2nnn(C)c2CNS(=O)(=O)N(C)CC2CCCC2)ccc1O[C@H]1CCCC(C(=O)O)C1. The average Bonchev–Trinajstić information content (AvgIpc) is 3.48. The lowest BCUT2D eigenvalue weighted by molar-refractivity contribution is -0.143. The third-order valence-electron chi connectivity index (χ3n) is 7.31. The molecule has 2 aromatic rings. The summed E-state index contributed by atoms with van der Waals surface area (Å²) in [4.78, 5) is 16.0. The lowest BCUT2D eigenvalue weighted by Crippen LogP contribution is -2.40. The number of hydrogen-bond acceptors (Lipinski definition) is 7. The van der Waals surface area contributed by atoms with Crippen LogP contribution in [0.5, 0.6) is 5.75 Å². The second-order valence-electron chi connectivity index (χ2n) is 9.99. The van der Waals surface area contributed by atoms with E-state index in [1.807, 2.05) is 6.92 Å². The van der Waals surface area contributed by atoms with Gasteiger partial charge >= 0.3 is 5.97 Å². The smallest absolute Gasteiger partial charge is 0.306 e. The van der Waals surface area contributed by atoms with Gasteiger partial charge in [0.1, 0.15) is 11.4 Å². The zero-order valence-electron chi connectivity index (χ0n) is 21.2. The van der Waals surface area contributed by atoms with Crippen molar-refractivity contribution in [2.24, 2.45) is 18.9 Å². The van der Waals surface area contributed by atoms with Crippen LogP contribution in [-0.2, 0) is 28.6 Å². The topological polar surface area (TPSA) is 140 Å². The van der Waals surface area contributed by atoms with Gasteiger partial charge in [-0.15, -0.1) is 5.10 Å². The molecule has 0 aromatic carbocycles. The van der Waals surface area contributed by atoms with E-state index in [9.17, 15) is 18.3 Å². The number of carboxylic acid groups (broad SMARTS) is 1. The molecule has 2 aromatic heterocycles. The molecule has 11 nitrogen and oxygen atoms in total. The first-order valence-electron chi connectivity index (χ1n) is 12.6. The van der Waals surface area contributed by atoms with Crippen molar-refractivity contribution in [1.82, 2.24) is 29.0 Å². The van der Waals surface area contributed by atoms with Crippen molar-refractivity contribution in [3.8, 4) is 17.1 Å². The second kappa shape index (κ2) is 11.2. The Labute approximate surface area is 212 Å². The van der Waals surface area contributed by atoms with Crippen LogP contribution in [0.2, 0.25) is 0 Å². The maximum Gasteiger partial charge on any atom is 0.306 e. The molecule has 2 N–H and O–H groups in total. The van der Waals surface area contributed by atoms with Crippen LogP contribution in [0.15, 0.2) is 12.1 Å². The largest absolute Gasteiger partial charge is 0.489 e. The number of hydrogen-bond donors (Lipinski definition) is 2. The third kappa shape index (κ3) is 6.22. The Bertz CT molecular complexity index is 1180. The maximum absolute atomic E-state index is 12.8. The third-order valence-corrected chi connectivity index (χ3v) is 8.79. The number of nitrogens with one attached hydrogen (secondary N) is 1. The summed E-state index contributed by atoms with van der Waals surface area (Å²) in [6, 6.07) is 3.58. The van der Waals surface area contributed by atoms with Crippen LogP contribution in [-0.4, -0.2) is 63.5 Å². The van der Waals surface area contributed by atoms with E-state index in [1.165, 1.54) is 4.31 Å². The molecule has 12 heteroatoms. The van der Waals surface area contributed by atoms with Crippen molar-refractivity contribution in [2.45, 2.75) is 70.9 Å². The van der Waals surface area contributed by atoms with Gasteiger partial charge in [-0.3, -0.25) is 9.48 Å². The van der Waals surface area contributed by atoms with E-state index in [0.29, 0.717) is 53.8 Å². The van der Waals surface area contributed by atoms with Gasteiger partial charge in [-0.05, 0) is 63.5 Å². The van der Waals surface area contributed by atoms with E-state index in [2.05, 4.69) is 20.0 Å². The highest BCUT2D eigenvalue weighted by molar-refractivity contribution is 7.87. The summed E-state index contributed by atoms with van der Waals surface area (Å²) >= 11 is 0. The number of ether oxygens (including phenoxy) is 1. The highest BCUT2D eigenvalue weighted by Gasteiger charge is 2.29. The molecule has 0 aliphatic heterocycles. The Hall–Kier alpha value is -2.57. The van der Waals surface area contributed by atoms with Gasteiger partial charge < -0.3 is 9.84 Å². The minimum Gasteiger partial charge on any atom is -0.489 e.